The van der Waals surface area contributed by atoms with Gasteiger partial charge in [-0.1, -0.05) is 13.8 Å². The number of hydrogen-bond donors (Lipinski definition) is 1. The number of morpholine rings is 1. The number of ether oxygens (including phenoxy) is 1. The smallest absolute Gasteiger partial charge is 0.178 e. The lowest BCUT2D eigenvalue weighted by molar-refractivity contribution is 0.0185. The van der Waals surface area contributed by atoms with Gasteiger partial charge in [-0.25, -0.2) is 0 Å². The molecule has 1 saturated heterocycles. The first-order chi connectivity index (χ1) is 5.38. The molecule has 0 spiro atoms. The second-order valence-electron chi connectivity index (χ2n) is 2.59. The van der Waals surface area contributed by atoms with Crippen LogP contribution >= 0.6 is 0 Å². The number of hydrogen-bond acceptors (Lipinski definition) is 3. The Labute approximate surface area is 68.7 Å². The first-order valence-electron chi connectivity index (χ1n) is 4.32. The van der Waals surface area contributed by atoms with E-state index in [1.165, 1.54) is 0 Å². The van der Waals surface area contributed by atoms with Crippen LogP contribution in [0.3, 0.4) is 0 Å². The van der Waals surface area contributed by atoms with Crippen molar-refractivity contribution in [1.82, 2.24) is 10.2 Å². The molecule has 0 aromatic rings. The molecule has 0 amide bonds. The summed E-state index contributed by atoms with van der Waals surface area (Å²) in [5, 5.41) is 3.28. The average Bonchev–Trinajstić information content (AvgIpc) is 2.09. The van der Waals surface area contributed by atoms with Gasteiger partial charge in [-0.2, -0.15) is 0 Å². The third-order valence-electron chi connectivity index (χ3n) is 1.94. The molecule has 0 aromatic carbocycles. The summed E-state index contributed by atoms with van der Waals surface area (Å²) in [5.74, 6) is 0. The quantitative estimate of drug-likeness (QED) is 0.643. The van der Waals surface area contributed by atoms with E-state index in [1.807, 2.05) is 0 Å². The van der Waals surface area contributed by atoms with Crippen molar-refractivity contribution in [2.45, 2.75) is 13.8 Å². The van der Waals surface area contributed by atoms with Crippen LogP contribution in [0.2, 0.25) is 0 Å². The Morgan fingerprint density at radius 2 is 2.18 bits per heavy atom. The van der Waals surface area contributed by atoms with Crippen molar-refractivity contribution in [2.24, 2.45) is 0 Å². The largest absolute Gasteiger partial charge is 0.353 e. The fraction of sp³-hybridized carbons (Fsp3) is 0.875. The van der Waals surface area contributed by atoms with Crippen molar-refractivity contribution in [1.29, 1.82) is 0 Å². The van der Waals surface area contributed by atoms with E-state index in [4.69, 9.17) is 4.74 Å². The highest BCUT2D eigenvalue weighted by Crippen LogP contribution is 2.10. The fourth-order valence-electron chi connectivity index (χ4n) is 1.27. The number of nitrogens with one attached hydrogen (secondary N) is 1. The maximum absolute atomic E-state index is 5.50. The Kier molecular flexibility index (Phi) is 3.83. The van der Waals surface area contributed by atoms with Crippen LogP contribution in [0.15, 0.2) is 0 Å². The minimum Gasteiger partial charge on any atom is -0.353 e. The van der Waals surface area contributed by atoms with Crippen molar-refractivity contribution in [3.8, 4) is 0 Å². The second-order valence-corrected chi connectivity index (χ2v) is 2.59. The van der Waals surface area contributed by atoms with Crippen LogP contribution < -0.4 is 5.32 Å². The summed E-state index contributed by atoms with van der Waals surface area (Å²) in [5.41, 5.74) is 0. The maximum Gasteiger partial charge on any atom is 0.178 e. The van der Waals surface area contributed by atoms with Crippen molar-refractivity contribution < 1.29 is 4.74 Å². The van der Waals surface area contributed by atoms with E-state index >= 15 is 0 Å². The average molecular weight is 157 g/mol. The molecule has 1 aliphatic rings. The van der Waals surface area contributed by atoms with Crippen molar-refractivity contribution in [3.63, 3.8) is 0 Å². The highest BCUT2D eigenvalue weighted by molar-refractivity contribution is 4.83. The molecule has 3 nitrogen and oxygen atoms in total. The molecule has 3 heteroatoms. The van der Waals surface area contributed by atoms with Gasteiger partial charge < -0.3 is 10.1 Å². The zero-order valence-corrected chi connectivity index (χ0v) is 7.39. The Morgan fingerprint density at radius 3 is 2.64 bits per heavy atom. The summed E-state index contributed by atoms with van der Waals surface area (Å²) in [6.07, 6.45) is 1.10. The van der Waals surface area contributed by atoms with Gasteiger partial charge in [0, 0.05) is 13.1 Å². The van der Waals surface area contributed by atoms with Gasteiger partial charge in [0.05, 0.1) is 6.61 Å². The molecule has 1 radical (unpaired) electrons. The Balaban J connectivity index is 2.30. The van der Waals surface area contributed by atoms with E-state index in [0.717, 1.165) is 39.0 Å². The van der Waals surface area contributed by atoms with E-state index in [1.54, 1.807) is 0 Å². The van der Waals surface area contributed by atoms with E-state index in [2.05, 4.69) is 24.1 Å². The lowest BCUT2D eigenvalue weighted by Gasteiger charge is -2.31. The van der Waals surface area contributed by atoms with E-state index in [9.17, 15) is 0 Å². The summed E-state index contributed by atoms with van der Waals surface area (Å²) in [6, 6.07) is 0. The van der Waals surface area contributed by atoms with Crippen LogP contribution in [0.5, 0.6) is 0 Å². The van der Waals surface area contributed by atoms with E-state index in [-0.39, 0.29) is 0 Å². The summed E-state index contributed by atoms with van der Waals surface area (Å²) in [7, 11) is 0. The van der Waals surface area contributed by atoms with Crippen molar-refractivity contribution >= 4 is 0 Å². The minimum atomic E-state index is 0.811. The minimum absolute atomic E-state index is 0.811. The maximum atomic E-state index is 5.50. The molecule has 11 heavy (non-hydrogen) atoms. The lowest BCUT2D eigenvalue weighted by atomic mass is 10.4. The number of likely N-dealkylation sites (N-methyl/N-ethyl adjacent to an activating group) is 1. The third-order valence-corrected chi connectivity index (χ3v) is 1.94. The van der Waals surface area contributed by atoms with Crippen LogP contribution in [0.4, 0.5) is 0 Å². The molecule has 0 bridgehead atoms. The molecule has 1 heterocycles. The van der Waals surface area contributed by atoms with Crippen LogP contribution in [-0.4, -0.2) is 37.7 Å². The monoisotopic (exact) mass is 157 g/mol. The Bertz CT molecular complexity index is 98.3. The van der Waals surface area contributed by atoms with Gasteiger partial charge in [-0.15, -0.1) is 0 Å². The SMILES string of the molecule is CCN(CC)[C]1CNCCO1. The fourth-order valence-corrected chi connectivity index (χ4v) is 1.27. The van der Waals surface area contributed by atoms with Gasteiger partial charge in [-0.05, 0) is 13.1 Å². The normalized spacial score (nSPS) is 21.0. The molecule has 1 N–H and O–H groups in total. The molecule has 1 aliphatic heterocycles. The van der Waals surface area contributed by atoms with Crippen LogP contribution in [0.25, 0.3) is 0 Å². The molecule has 0 aliphatic carbocycles. The Morgan fingerprint density at radius 1 is 1.45 bits per heavy atom. The molecule has 0 atom stereocenters. The van der Waals surface area contributed by atoms with Crippen molar-refractivity contribution in [2.75, 3.05) is 32.8 Å². The second kappa shape index (κ2) is 4.70. The molecular weight excluding hydrogens is 140 g/mol. The van der Waals surface area contributed by atoms with Gasteiger partial charge >= 0.3 is 0 Å². The van der Waals surface area contributed by atoms with Gasteiger partial charge in [-0.3, -0.25) is 4.90 Å². The summed E-state index contributed by atoms with van der Waals surface area (Å²) in [4.78, 5) is 2.24. The van der Waals surface area contributed by atoms with Gasteiger partial charge in [0.1, 0.15) is 0 Å². The summed E-state index contributed by atoms with van der Waals surface area (Å²) >= 11 is 0. The first-order valence-corrected chi connectivity index (χ1v) is 4.32. The number of nitrogens with zero attached hydrogens (tertiary/aromatic N) is 1. The molecular formula is C8H17N2O. The zero-order valence-electron chi connectivity index (χ0n) is 7.39. The predicted molar refractivity (Wildman–Crippen MR) is 45.0 cm³/mol. The van der Waals surface area contributed by atoms with Crippen LogP contribution in [0.1, 0.15) is 13.8 Å². The molecule has 0 saturated carbocycles. The predicted octanol–water partition coefficient (Wildman–Crippen LogP) is 0.437. The summed E-state index contributed by atoms with van der Waals surface area (Å²) in [6.45, 7) is 9.04. The zero-order chi connectivity index (χ0) is 8.10. The van der Waals surface area contributed by atoms with Crippen molar-refractivity contribution in [3.05, 3.63) is 6.23 Å². The van der Waals surface area contributed by atoms with Gasteiger partial charge in [0.25, 0.3) is 0 Å². The third kappa shape index (κ3) is 2.43. The molecule has 1 fully saturated rings. The van der Waals surface area contributed by atoms with Crippen LogP contribution in [-0.2, 0) is 4.74 Å². The highest BCUT2D eigenvalue weighted by Gasteiger charge is 2.19. The van der Waals surface area contributed by atoms with Gasteiger partial charge in [0.2, 0.25) is 0 Å². The molecule has 0 unspecified atom stereocenters. The van der Waals surface area contributed by atoms with E-state index < -0.39 is 0 Å². The van der Waals surface area contributed by atoms with Crippen LogP contribution in [0, 0.1) is 6.23 Å². The molecule has 1 rings (SSSR count). The van der Waals surface area contributed by atoms with E-state index in [0.29, 0.717) is 0 Å². The lowest BCUT2D eigenvalue weighted by Crippen LogP contribution is -2.43. The summed E-state index contributed by atoms with van der Waals surface area (Å²) < 4.78 is 5.50. The first kappa shape index (κ1) is 8.97. The Hall–Kier alpha value is -0.120. The standard InChI is InChI=1S/C8H17N2O/c1-3-10(4-2)8-7-9-5-6-11-8/h9H,3-7H2,1-2H3. The van der Waals surface area contributed by atoms with Gasteiger partial charge in [0.15, 0.2) is 6.23 Å². The topological polar surface area (TPSA) is 24.5 Å². The molecule has 0 aromatic heterocycles. The number of rotatable bonds is 3. The molecule has 65 valence electrons. The highest BCUT2D eigenvalue weighted by atomic mass is 16.5.